The number of nitrogen functional groups attached to an aromatic ring is 1. The van der Waals surface area contributed by atoms with E-state index in [1.165, 1.54) is 18.0 Å². The number of benzene rings is 1. The number of nitrogens with zero attached hydrogens (tertiary/aromatic N) is 4. The number of aromatic hydroxyl groups is 1. The van der Waals surface area contributed by atoms with Gasteiger partial charge in [-0.15, -0.1) is 10.2 Å². The fourth-order valence-electron chi connectivity index (χ4n) is 1.43. The van der Waals surface area contributed by atoms with Crippen LogP contribution in [0.4, 0.5) is 5.95 Å². The average Bonchev–Trinajstić information content (AvgIpc) is 2.74. The van der Waals surface area contributed by atoms with Gasteiger partial charge in [-0.3, -0.25) is 0 Å². The minimum absolute atomic E-state index is 0.0370. The van der Waals surface area contributed by atoms with Gasteiger partial charge in [-0.05, 0) is 40.5 Å². The first-order valence-corrected chi connectivity index (χ1v) is 6.35. The summed E-state index contributed by atoms with van der Waals surface area (Å²) in [5, 5.41) is 21.3. The van der Waals surface area contributed by atoms with Crippen LogP contribution in [0.15, 0.2) is 21.7 Å². The molecular weight excluding hydrogens is 328 g/mol. The second kappa shape index (κ2) is 5.78. The van der Waals surface area contributed by atoms with Crippen molar-refractivity contribution in [3.63, 3.8) is 0 Å². The number of hydrogen-bond acceptors (Lipinski definition) is 7. The van der Waals surface area contributed by atoms with E-state index in [2.05, 4.69) is 36.7 Å². The number of phenols is 1. The van der Waals surface area contributed by atoms with Gasteiger partial charge in [0.25, 0.3) is 5.95 Å². The van der Waals surface area contributed by atoms with Gasteiger partial charge in [-0.25, -0.2) is 10.1 Å². The van der Waals surface area contributed by atoms with Gasteiger partial charge >= 0.3 is 0 Å². The van der Waals surface area contributed by atoms with Gasteiger partial charge in [0.2, 0.25) is 0 Å². The van der Waals surface area contributed by atoms with Crippen molar-refractivity contribution in [3.05, 3.63) is 28.0 Å². The second-order valence-electron chi connectivity index (χ2n) is 3.86. The van der Waals surface area contributed by atoms with Crippen molar-refractivity contribution in [2.45, 2.75) is 6.92 Å². The lowest BCUT2D eigenvalue weighted by molar-refractivity contribution is 0.372. The van der Waals surface area contributed by atoms with Gasteiger partial charge in [0.05, 0.1) is 17.8 Å². The summed E-state index contributed by atoms with van der Waals surface area (Å²) in [6.45, 7) is 1.73. The molecule has 0 radical (unpaired) electrons. The molecule has 0 aliphatic heterocycles. The van der Waals surface area contributed by atoms with Crippen LogP contribution < -0.4 is 16.0 Å². The Morgan fingerprint density at radius 1 is 1.50 bits per heavy atom. The third-order valence-electron chi connectivity index (χ3n) is 2.52. The Labute approximate surface area is 123 Å². The topological polar surface area (TPSA) is 111 Å². The summed E-state index contributed by atoms with van der Waals surface area (Å²) in [6, 6.07) is 3.34. The van der Waals surface area contributed by atoms with Crippen LogP contribution in [0.1, 0.15) is 11.4 Å². The van der Waals surface area contributed by atoms with Crippen molar-refractivity contribution < 1.29 is 9.84 Å². The van der Waals surface area contributed by atoms with Crippen LogP contribution in [0, 0.1) is 6.92 Å². The molecule has 20 heavy (non-hydrogen) atoms. The maximum atomic E-state index is 9.69. The first kappa shape index (κ1) is 14.1. The van der Waals surface area contributed by atoms with Gasteiger partial charge in [0, 0.05) is 0 Å². The standard InChI is InChI=1S/C11H13BrN6O2/c1-6-15-17-11(18(6)13)16-14-5-7-3-8(12)10(19)9(4-7)20-2/h3-5,19H,13H2,1-2H3,(H,16,17)/b14-5-. The van der Waals surface area contributed by atoms with Gasteiger partial charge in [0.1, 0.15) is 0 Å². The molecule has 2 rings (SSSR count). The quantitative estimate of drug-likeness (QED) is 0.438. The number of methoxy groups -OCH3 is 1. The molecule has 106 valence electrons. The Hall–Kier alpha value is -2.29. The van der Waals surface area contributed by atoms with Crippen LogP contribution in [0.25, 0.3) is 0 Å². The SMILES string of the molecule is COc1cc(/C=N\Nc2nnc(C)n2N)cc(Br)c1O. The van der Waals surface area contributed by atoms with Crippen molar-refractivity contribution in [3.8, 4) is 11.5 Å². The maximum absolute atomic E-state index is 9.69. The molecule has 1 aromatic carbocycles. The van der Waals surface area contributed by atoms with E-state index >= 15 is 0 Å². The van der Waals surface area contributed by atoms with E-state index in [9.17, 15) is 5.11 Å². The summed E-state index contributed by atoms with van der Waals surface area (Å²) >= 11 is 3.23. The molecule has 0 spiro atoms. The minimum atomic E-state index is 0.0370. The number of aromatic nitrogens is 3. The fourth-order valence-corrected chi connectivity index (χ4v) is 1.89. The number of nitrogens with one attached hydrogen (secondary N) is 1. The van der Waals surface area contributed by atoms with E-state index in [-0.39, 0.29) is 5.75 Å². The number of halogens is 1. The highest BCUT2D eigenvalue weighted by atomic mass is 79.9. The molecule has 2 aromatic rings. The molecule has 0 aliphatic rings. The van der Waals surface area contributed by atoms with Crippen LogP contribution in [0.2, 0.25) is 0 Å². The van der Waals surface area contributed by atoms with E-state index in [0.29, 0.717) is 22.0 Å². The van der Waals surface area contributed by atoms with E-state index < -0.39 is 0 Å². The number of ether oxygens (including phenoxy) is 1. The molecule has 8 nitrogen and oxygen atoms in total. The predicted octanol–water partition coefficient (Wildman–Crippen LogP) is 1.22. The zero-order valence-corrected chi connectivity index (χ0v) is 12.4. The summed E-state index contributed by atoms with van der Waals surface area (Å²) in [6.07, 6.45) is 1.54. The smallest absolute Gasteiger partial charge is 0.263 e. The molecule has 0 atom stereocenters. The predicted molar refractivity (Wildman–Crippen MR) is 78.5 cm³/mol. The number of aryl methyl sites for hydroxylation is 1. The van der Waals surface area contributed by atoms with Crippen molar-refractivity contribution in [1.82, 2.24) is 14.9 Å². The van der Waals surface area contributed by atoms with Gasteiger partial charge in [-0.2, -0.15) is 5.10 Å². The highest BCUT2D eigenvalue weighted by Gasteiger charge is 2.07. The number of anilines is 1. The highest BCUT2D eigenvalue weighted by Crippen LogP contribution is 2.34. The zero-order chi connectivity index (χ0) is 14.7. The summed E-state index contributed by atoms with van der Waals surface area (Å²) < 4.78 is 6.84. The average molecular weight is 341 g/mol. The summed E-state index contributed by atoms with van der Waals surface area (Å²) in [5.74, 6) is 6.94. The van der Waals surface area contributed by atoms with Crippen LogP contribution in [-0.2, 0) is 0 Å². The molecule has 1 aromatic heterocycles. The van der Waals surface area contributed by atoms with E-state index in [1.807, 2.05) is 0 Å². The zero-order valence-electron chi connectivity index (χ0n) is 10.8. The molecule has 0 fully saturated rings. The maximum Gasteiger partial charge on any atom is 0.263 e. The normalized spacial score (nSPS) is 10.9. The summed E-state index contributed by atoms with van der Waals surface area (Å²) in [5.41, 5.74) is 3.39. The number of rotatable bonds is 4. The molecule has 0 amide bonds. The number of nitrogens with two attached hydrogens (primary N) is 1. The Balaban J connectivity index is 2.16. The molecule has 0 bridgehead atoms. The van der Waals surface area contributed by atoms with Crippen LogP contribution in [0.3, 0.4) is 0 Å². The fraction of sp³-hybridized carbons (Fsp3) is 0.182. The largest absolute Gasteiger partial charge is 0.503 e. The minimum Gasteiger partial charge on any atom is -0.503 e. The van der Waals surface area contributed by atoms with Crippen molar-refractivity contribution in [2.24, 2.45) is 5.10 Å². The lowest BCUT2D eigenvalue weighted by atomic mass is 10.2. The van der Waals surface area contributed by atoms with Crippen molar-refractivity contribution in [2.75, 3.05) is 18.4 Å². The van der Waals surface area contributed by atoms with Crippen LogP contribution >= 0.6 is 15.9 Å². The van der Waals surface area contributed by atoms with E-state index in [0.717, 1.165) is 5.56 Å². The van der Waals surface area contributed by atoms with Crippen LogP contribution in [0.5, 0.6) is 11.5 Å². The Morgan fingerprint density at radius 3 is 2.85 bits per heavy atom. The Kier molecular flexibility index (Phi) is 4.08. The third-order valence-corrected chi connectivity index (χ3v) is 3.12. The van der Waals surface area contributed by atoms with Gasteiger partial charge in [-0.1, -0.05) is 0 Å². The molecule has 4 N–H and O–H groups in total. The molecule has 0 aliphatic carbocycles. The highest BCUT2D eigenvalue weighted by molar-refractivity contribution is 9.10. The molecular formula is C11H13BrN6O2. The third kappa shape index (κ3) is 2.82. The van der Waals surface area contributed by atoms with E-state index in [1.54, 1.807) is 19.1 Å². The van der Waals surface area contributed by atoms with Crippen molar-refractivity contribution in [1.29, 1.82) is 0 Å². The molecule has 0 unspecified atom stereocenters. The van der Waals surface area contributed by atoms with E-state index in [4.69, 9.17) is 10.6 Å². The molecule has 0 saturated carbocycles. The first-order chi connectivity index (χ1) is 9.52. The second-order valence-corrected chi connectivity index (χ2v) is 4.72. The molecule has 0 saturated heterocycles. The monoisotopic (exact) mass is 340 g/mol. The number of phenolic OH excluding ortho intramolecular Hbond substituents is 1. The van der Waals surface area contributed by atoms with Gasteiger partial charge < -0.3 is 15.7 Å². The summed E-state index contributed by atoms with van der Waals surface area (Å²) in [7, 11) is 1.47. The Morgan fingerprint density at radius 2 is 2.25 bits per heavy atom. The van der Waals surface area contributed by atoms with Gasteiger partial charge in [0.15, 0.2) is 17.3 Å². The summed E-state index contributed by atoms with van der Waals surface area (Å²) in [4.78, 5) is 0. The molecule has 9 heteroatoms. The number of hydrazone groups is 1. The van der Waals surface area contributed by atoms with Crippen molar-refractivity contribution >= 4 is 28.1 Å². The Bertz CT molecular complexity index is 655. The lowest BCUT2D eigenvalue weighted by Gasteiger charge is -2.06. The molecule has 1 heterocycles. The lowest BCUT2D eigenvalue weighted by Crippen LogP contribution is -2.13. The van der Waals surface area contributed by atoms with Crippen LogP contribution in [-0.4, -0.2) is 33.3 Å². The first-order valence-electron chi connectivity index (χ1n) is 5.55. The number of hydrogen-bond donors (Lipinski definition) is 3.